The Hall–Kier alpha value is -0.720. The van der Waals surface area contributed by atoms with Crippen molar-refractivity contribution < 1.29 is 13.5 Å². The maximum atomic E-state index is 12.1. The van der Waals surface area contributed by atoms with Crippen molar-refractivity contribution in [1.29, 1.82) is 0 Å². The molecule has 4 nitrogen and oxygen atoms in total. The van der Waals surface area contributed by atoms with E-state index in [0.29, 0.717) is 6.54 Å². The molecule has 0 bridgehead atoms. The predicted molar refractivity (Wildman–Crippen MR) is 73.4 cm³/mol. The van der Waals surface area contributed by atoms with Crippen molar-refractivity contribution in [2.75, 3.05) is 12.3 Å². The molecule has 2 N–H and O–H groups in total. The van der Waals surface area contributed by atoms with Gasteiger partial charge in [-0.15, -0.1) is 0 Å². The fraction of sp³-hybridized carbons (Fsp3) is 0.500. The minimum Gasteiger partial charge on any atom is -0.507 e. The highest BCUT2D eigenvalue weighted by atomic mass is 32.2. The van der Waals surface area contributed by atoms with E-state index in [1.54, 1.807) is 23.9 Å². The normalized spacial score (nSPS) is 24.3. The van der Waals surface area contributed by atoms with E-state index in [0.717, 1.165) is 18.6 Å². The minimum atomic E-state index is -3.63. The van der Waals surface area contributed by atoms with Crippen LogP contribution in [-0.4, -0.2) is 30.6 Å². The smallest absolute Gasteiger partial charge is 0.244 e. The number of nitrogens with one attached hydrogen (secondary N) is 1. The summed E-state index contributed by atoms with van der Waals surface area (Å²) in [7, 11) is -3.63. The number of sulfonamides is 1. The summed E-state index contributed by atoms with van der Waals surface area (Å²) in [4.78, 5) is -0.0587. The Morgan fingerprint density at radius 3 is 2.78 bits per heavy atom. The number of phenolic OH excluding ortho intramolecular Hbond substituents is 1. The average molecular weight is 287 g/mol. The number of phenols is 1. The molecule has 0 saturated carbocycles. The van der Waals surface area contributed by atoms with Crippen LogP contribution in [-0.2, 0) is 10.0 Å². The lowest BCUT2D eigenvalue weighted by molar-refractivity contribution is 0.457. The van der Waals surface area contributed by atoms with Gasteiger partial charge in [-0.3, -0.25) is 0 Å². The highest BCUT2D eigenvalue weighted by Gasteiger charge is 2.31. The molecule has 6 heteroatoms. The Morgan fingerprint density at radius 2 is 2.17 bits per heavy atom. The fourth-order valence-corrected chi connectivity index (χ4v) is 4.59. The number of hydrogen-bond donors (Lipinski definition) is 2. The van der Waals surface area contributed by atoms with E-state index in [-0.39, 0.29) is 15.4 Å². The maximum Gasteiger partial charge on any atom is 0.244 e. The van der Waals surface area contributed by atoms with Crippen LogP contribution in [0.2, 0.25) is 0 Å². The lowest BCUT2D eigenvalue weighted by Crippen LogP contribution is -2.36. The van der Waals surface area contributed by atoms with Gasteiger partial charge in [-0.05, 0) is 37.7 Å². The molecule has 0 spiro atoms. The van der Waals surface area contributed by atoms with Crippen molar-refractivity contribution in [2.24, 2.45) is 0 Å². The first-order chi connectivity index (χ1) is 8.43. The molecule has 1 saturated heterocycles. The summed E-state index contributed by atoms with van der Waals surface area (Å²) in [6, 6.07) is 5.98. The molecule has 1 unspecified atom stereocenters. The van der Waals surface area contributed by atoms with E-state index in [4.69, 9.17) is 0 Å². The van der Waals surface area contributed by atoms with Crippen molar-refractivity contribution in [2.45, 2.75) is 29.4 Å². The van der Waals surface area contributed by atoms with E-state index in [9.17, 15) is 13.5 Å². The monoisotopic (exact) mass is 287 g/mol. The van der Waals surface area contributed by atoms with Crippen molar-refractivity contribution in [3.8, 4) is 5.75 Å². The van der Waals surface area contributed by atoms with Gasteiger partial charge in [-0.2, -0.15) is 11.8 Å². The predicted octanol–water partition coefficient (Wildman–Crippen LogP) is 1.96. The van der Waals surface area contributed by atoms with Gasteiger partial charge in [0.2, 0.25) is 10.0 Å². The number of hydrogen-bond acceptors (Lipinski definition) is 4. The Morgan fingerprint density at radius 1 is 1.44 bits per heavy atom. The zero-order valence-corrected chi connectivity index (χ0v) is 11.9. The molecule has 2 rings (SSSR count). The number of para-hydroxylation sites is 1. The summed E-state index contributed by atoms with van der Waals surface area (Å²) in [5.74, 6) is 0.865. The molecule has 0 radical (unpaired) electrons. The van der Waals surface area contributed by atoms with Crippen LogP contribution in [0.5, 0.6) is 5.75 Å². The average Bonchev–Trinajstić information content (AvgIpc) is 2.75. The van der Waals surface area contributed by atoms with Crippen LogP contribution in [0.1, 0.15) is 19.8 Å². The summed E-state index contributed by atoms with van der Waals surface area (Å²) >= 11 is 1.80. The van der Waals surface area contributed by atoms with Crippen LogP contribution in [0.25, 0.3) is 0 Å². The van der Waals surface area contributed by atoms with Gasteiger partial charge in [-0.25, -0.2) is 13.1 Å². The lowest BCUT2D eigenvalue weighted by Gasteiger charge is -2.22. The van der Waals surface area contributed by atoms with Gasteiger partial charge in [0.1, 0.15) is 10.6 Å². The van der Waals surface area contributed by atoms with Gasteiger partial charge >= 0.3 is 0 Å². The first-order valence-electron chi connectivity index (χ1n) is 5.85. The molecule has 0 amide bonds. The molecule has 1 fully saturated rings. The molecular weight excluding hydrogens is 270 g/mol. The van der Waals surface area contributed by atoms with E-state index < -0.39 is 10.0 Å². The Balaban J connectivity index is 2.11. The third-order valence-electron chi connectivity index (χ3n) is 3.09. The third-order valence-corrected chi connectivity index (χ3v) is 6.08. The standard InChI is InChI=1S/C12H17NO3S2/c1-12(7-4-8-17-12)9-13-18(15,16)11-6-3-2-5-10(11)14/h2-3,5-6,13-14H,4,7-9H2,1H3. The molecule has 1 aromatic carbocycles. The summed E-state index contributed by atoms with van der Waals surface area (Å²) in [5, 5.41) is 9.58. The van der Waals surface area contributed by atoms with Crippen LogP contribution >= 0.6 is 11.8 Å². The molecule has 100 valence electrons. The fourth-order valence-electron chi connectivity index (χ4n) is 1.99. The second-order valence-corrected chi connectivity index (χ2v) is 8.11. The van der Waals surface area contributed by atoms with Gasteiger partial charge < -0.3 is 5.11 Å². The van der Waals surface area contributed by atoms with Crippen LogP contribution < -0.4 is 4.72 Å². The van der Waals surface area contributed by atoms with Crippen molar-refractivity contribution in [3.05, 3.63) is 24.3 Å². The van der Waals surface area contributed by atoms with Crippen LogP contribution in [0.3, 0.4) is 0 Å². The largest absolute Gasteiger partial charge is 0.507 e. The van der Waals surface area contributed by atoms with Crippen molar-refractivity contribution in [3.63, 3.8) is 0 Å². The van der Waals surface area contributed by atoms with Crippen LogP contribution in [0.4, 0.5) is 0 Å². The molecule has 1 aromatic rings. The molecule has 1 aliphatic heterocycles. The van der Waals surface area contributed by atoms with Gasteiger partial charge in [0.15, 0.2) is 0 Å². The van der Waals surface area contributed by atoms with Crippen molar-refractivity contribution in [1.82, 2.24) is 4.72 Å². The molecule has 0 aromatic heterocycles. The number of rotatable bonds is 4. The Bertz CT molecular complexity index is 522. The first-order valence-corrected chi connectivity index (χ1v) is 8.31. The van der Waals surface area contributed by atoms with E-state index in [2.05, 4.69) is 11.6 Å². The number of aromatic hydroxyl groups is 1. The van der Waals surface area contributed by atoms with Gasteiger partial charge in [-0.1, -0.05) is 12.1 Å². The summed E-state index contributed by atoms with van der Waals surface area (Å²) in [6.45, 7) is 2.46. The second-order valence-electron chi connectivity index (χ2n) is 4.69. The molecule has 1 aliphatic rings. The van der Waals surface area contributed by atoms with E-state index in [1.165, 1.54) is 12.1 Å². The number of benzene rings is 1. The highest BCUT2D eigenvalue weighted by Crippen LogP contribution is 2.37. The van der Waals surface area contributed by atoms with Crippen LogP contribution in [0.15, 0.2) is 29.2 Å². The number of thioether (sulfide) groups is 1. The Kier molecular flexibility index (Phi) is 3.89. The van der Waals surface area contributed by atoms with Crippen LogP contribution in [0, 0.1) is 0 Å². The zero-order valence-electron chi connectivity index (χ0n) is 10.2. The topological polar surface area (TPSA) is 66.4 Å². The van der Waals surface area contributed by atoms with Gasteiger partial charge in [0.05, 0.1) is 0 Å². The third kappa shape index (κ3) is 2.99. The van der Waals surface area contributed by atoms with Gasteiger partial charge in [0, 0.05) is 11.3 Å². The molecule has 18 heavy (non-hydrogen) atoms. The molecule has 1 atom stereocenters. The molecule has 1 heterocycles. The summed E-state index contributed by atoms with van der Waals surface area (Å²) in [5.41, 5.74) is 0. The summed E-state index contributed by atoms with van der Waals surface area (Å²) < 4.78 is 26.7. The van der Waals surface area contributed by atoms with E-state index >= 15 is 0 Å². The highest BCUT2D eigenvalue weighted by molar-refractivity contribution is 8.01. The molecule has 0 aliphatic carbocycles. The quantitative estimate of drug-likeness (QED) is 0.888. The van der Waals surface area contributed by atoms with Gasteiger partial charge in [0.25, 0.3) is 0 Å². The molecular formula is C12H17NO3S2. The SMILES string of the molecule is CC1(CNS(=O)(=O)c2ccccc2O)CCCS1. The first kappa shape index (κ1) is 13.7. The Labute approximate surface area is 112 Å². The minimum absolute atomic E-state index is 0.0303. The summed E-state index contributed by atoms with van der Waals surface area (Å²) in [6.07, 6.45) is 2.14. The second kappa shape index (κ2) is 5.11. The maximum absolute atomic E-state index is 12.1. The van der Waals surface area contributed by atoms with E-state index in [1.807, 2.05) is 0 Å². The zero-order chi connectivity index (χ0) is 13.2. The van der Waals surface area contributed by atoms with Crippen molar-refractivity contribution >= 4 is 21.8 Å². The lowest BCUT2D eigenvalue weighted by atomic mass is 10.1.